The van der Waals surface area contributed by atoms with Gasteiger partial charge in [0.25, 0.3) is 5.91 Å². The molecule has 0 saturated carbocycles. The lowest BCUT2D eigenvalue weighted by Gasteiger charge is -2.18. The van der Waals surface area contributed by atoms with Crippen molar-refractivity contribution in [3.8, 4) is 11.1 Å². The van der Waals surface area contributed by atoms with Crippen LogP contribution in [0, 0.1) is 5.92 Å². The number of benzene rings is 2. The van der Waals surface area contributed by atoms with E-state index >= 15 is 0 Å². The summed E-state index contributed by atoms with van der Waals surface area (Å²) in [4.78, 5) is 24.2. The number of hydrogen-bond donors (Lipinski definition) is 1. The van der Waals surface area contributed by atoms with E-state index in [1.54, 1.807) is 12.1 Å². The van der Waals surface area contributed by atoms with Gasteiger partial charge < -0.3 is 10.1 Å². The number of carbonyl (C=O) groups is 2. The highest BCUT2D eigenvalue weighted by atomic mass is 16.5. The molecule has 1 atom stereocenters. The zero-order valence-corrected chi connectivity index (χ0v) is 14.3. The monoisotopic (exact) mass is 325 g/mol. The molecule has 0 aliphatic heterocycles. The molecule has 0 aromatic heterocycles. The lowest BCUT2D eigenvalue weighted by atomic mass is 10.0. The molecule has 2 rings (SSSR count). The van der Waals surface area contributed by atoms with E-state index in [-0.39, 0.29) is 11.8 Å². The second-order valence-corrected chi connectivity index (χ2v) is 6.12. The number of carbonyl (C=O) groups excluding carboxylic acids is 2. The van der Waals surface area contributed by atoms with Crippen LogP contribution in [-0.4, -0.2) is 25.0 Å². The Bertz CT molecular complexity index is 678. The van der Waals surface area contributed by atoms with Gasteiger partial charge in [0, 0.05) is 5.56 Å². The van der Waals surface area contributed by atoms with Crippen LogP contribution in [-0.2, 0) is 9.53 Å². The van der Waals surface area contributed by atoms with Gasteiger partial charge >= 0.3 is 5.97 Å². The molecule has 1 N–H and O–H groups in total. The highest BCUT2D eigenvalue weighted by Crippen LogP contribution is 2.19. The van der Waals surface area contributed by atoms with E-state index in [9.17, 15) is 9.59 Å². The minimum Gasteiger partial charge on any atom is -0.467 e. The maximum atomic E-state index is 12.4. The Morgan fingerprint density at radius 1 is 0.958 bits per heavy atom. The molecule has 0 fully saturated rings. The number of hydrogen-bond acceptors (Lipinski definition) is 3. The van der Waals surface area contributed by atoms with E-state index in [4.69, 9.17) is 4.74 Å². The number of rotatable bonds is 6. The van der Waals surface area contributed by atoms with Gasteiger partial charge in [-0.3, -0.25) is 4.79 Å². The van der Waals surface area contributed by atoms with Crippen molar-refractivity contribution < 1.29 is 14.3 Å². The predicted molar refractivity (Wildman–Crippen MR) is 94.6 cm³/mol. The maximum absolute atomic E-state index is 12.4. The fraction of sp³-hybridized carbons (Fsp3) is 0.300. The molecule has 4 heteroatoms. The van der Waals surface area contributed by atoms with Gasteiger partial charge in [-0.2, -0.15) is 0 Å². The second kappa shape index (κ2) is 8.29. The Labute approximate surface area is 142 Å². The van der Waals surface area contributed by atoms with Gasteiger partial charge in [0.15, 0.2) is 0 Å². The highest BCUT2D eigenvalue weighted by Gasteiger charge is 2.23. The molecular weight excluding hydrogens is 302 g/mol. The normalized spacial score (nSPS) is 11.8. The van der Waals surface area contributed by atoms with Gasteiger partial charge in [0.2, 0.25) is 0 Å². The smallest absolute Gasteiger partial charge is 0.328 e. The molecule has 2 aromatic rings. The summed E-state index contributed by atoms with van der Waals surface area (Å²) in [6, 6.07) is 16.7. The first-order valence-corrected chi connectivity index (χ1v) is 8.05. The molecule has 2 aromatic carbocycles. The van der Waals surface area contributed by atoms with Crippen LogP contribution in [0.3, 0.4) is 0 Å². The largest absolute Gasteiger partial charge is 0.467 e. The van der Waals surface area contributed by atoms with E-state index in [1.165, 1.54) is 7.11 Å². The molecular formula is C20H23NO3. The molecule has 0 heterocycles. The molecule has 126 valence electrons. The molecule has 0 aliphatic carbocycles. The van der Waals surface area contributed by atoms with Crippen molar-refractivity contribution in [3.05, 3.63) is 60.2 Å². The van der Waals surface area contributed by atoms with Crippen LogP contribution in [0.1, 0.15) is 30.6 Å². The minimum absolute atomic E-state index is 0.273. The Hall–Kier alpha value is -2.62. The van der Waals surface area contributed by atoms with Gasteiger partial charge in [0.1, 0.15) is 6.04 Å². The fourth-order valence-electron chi connectivity index (χ4n) is 2.51. The summed E-state index contributed by atoms with van der Waals surface area (Å²) in [5.41, 5.74) is 2.66. The van der Waals surface area contributed by atoms with Crippen LogP contribution in [0.15, 0.2) is 54.6 Å². The van der Waals surface area contributed by atoms with Gasteiger partial charge in [-0.1, -0.05) is 56.3 Å². The van der Waals surface area contributed by atoms with Crippen molar-refractivity contribution in [2.45, 2.75) is 26.3 Å². The summed E-state index contributed by atoms with van der Waals surface area (Å²) < 4.78 is 4.77. The Balaban J connectivity index is 2.10. The predicted octanol–water partition coefficient (Wildman–Crippen LogP) is 3.67. The summed E-state index contributed by atoms with van der Waals surface area (Å²) in [5, 5.41) is 2.76. The lowest BCUT2D eigenvalue weighted by molar-refractivity contribution is -0.143. The van der Waals surface area contributed by atoms with Crippen LogP contribution in [0.2, 0.25) is 0 Å². The van der Waals surface area contributed by atoms with Crippen molar-refractivity contribution in [1.82, 2.24) is 5.32 Å². The van der Waals surface area contributed by atoms with E-state index in [0.29, 0.717) is 12.0 Å². The van der Waals surface area contributed by atoms with Crippen LogP contribution in [0.5, 0.6) is 0 Å². The van der Waals surface area contributed by atoms with Crippen LogP contribution >= 0.6 is 0 Å². The number of ether oxygens (including phenoxy) is 1. The van der Waals surface area contributed by atoms with Crippen molar-refractivity contribution >= 4 is 11.9 Å². The van der Waals surface area contributed by atoms with Gasteiger partial charge in [-0.25, -0.2) is 4.79 Å². The number of methoxy groups -OCH3 is 1. The molecule has 0 aliphatic rings. The van der Waals surface area contributed by atoms with E-state index in [2.05, 4.69) is 5.32 Å². The zero-order valence-electron chi connectivity index (χ0n) is 14.3. The summed E-state index contributed by atoms with van der Waals surface area (Å²) >= 11 is 0. The molecule has 24 heavy (non-hydrogen) atoms. The van der Waals surface area contributed by atoms with Crippen molar-refractivity contribution in [3.63, 3.8) is 0 Å². The first kappa shape index (κ1) is 17.7. The zero-order chi connectivity index (χ0) is 17.5. The fourth-order valence-corrected chi connectivity index (χ4v) is 2.51. The molecule has 1 amide bonds. The van der Waals surface area contributed by atoms with E-state index in [1.807, 2.05) is 56.3 Å². The summed E-state index contributed by atoms with van der Waals surface area (Å²) in [7, 11) is 1.33. The first-order chi connectivity index (χ1) is 11.5. The average Bonchev–Trinajstić information content (AvgIpc) is 2.61. The third kappa shape index (κ3) is 4.69. The molecule has 0 unspecified atom stereocenters. The standard InChI is InChI=1S/C20H23NO3/c1-14(2)13-18(20(23)24-3)21-19(22)17-11-9-16(10-12-17)15-7-5-4-6-8-15/h4-12,14,18H,13H2,1-3H3,(H,21,22)/t18-/m1/s1. The lowest BCUT2D eigenvalue weighted by Crippen LogP contribution is -2.42. The first-order valence-electron chi connectivity index (χ1n) is 8.05. The van der Waals surface area contributed by atoms with E-state index < -0.39 is 12.0 Å². The highest BCUT2D eigenvalue weighted by molar-refractivity contribution is 5.97. The van der Waals surface area contributed by atoms with Crippen LogP contribution in [0.25, 0.3) is 11.1 Å². The number of amides is 1. The minimum atomic E-state index is -0.628. The molecule has 0 bridgehead atoms. The molecule has 0 saturated heterocycles. The molecule has 0 radical (unpaired) electrons. The maximum Gasteiger partial charge on any atom is 0.328 e. The topological polar surface area (TPSA) is 55.4 Å². The third-order valence-corrected chi connectivity index (χ3v) is 3.75. The Morgan fingerprint density at radius 2 is 1.54 bits per heavy atom. The Morgan fingerprint density at radius 3 is 2.08 bits per heavy atom. The van der Waals surface area contributed by atoms with Gasteiger partial charge in [-0.15, -0.1) is 0 Å². The van der Waals surface area contributed by atoms with E-state index in [0.717, 1.165) is 11.1 Å². The van der Waals surface area contributed by atoms with Crippen LogP contribution in [0.4, 0.5) is 0 Å². The van der Waals surface area contributed by atoms with Crippen molar-refractivity contribution in [1.29, 1.82) is 0 Å². The summed E-state index contributed by atoms with van der Waals surface area (Å²) in [6.07, 6.45) is 0.542. The summed E-state index contributed by atoms with van der Waals surface area (Å²) in [6.45, 7) is 3.99. The number of esters is 1. The van der Waals surface area contributed by atoms with Crippen molar-refractivity contribution in [2.24, 2.45) is 5.92 Å². The van der Waals surface area contributed by atoms with Gasteiger partial charge in [-0.05, 0) is 35.6 Å². The number of nitrogens with one attached hydrogen (secondary N) is 1. The average molecular weight is 325 g/mol. The molecule has 4 nitrogen and oxygen atoms in total. The Kier molecular flexibility index (Phi) is 6.13. The summed E-state index contributed by atoms with van der Waals surface area (Å²) in [5.74, 6) is -0.418. The third-order valence-electron chi connectivity index (χ3n) is 3.75. The van der Waals surface area contributed by atoms with Crippen molar-refractivity contribution in [2.75, 3.05) is 7.11 Å². The SMILES string of the molecule is COC(=O)[C@@H](CC(C)C)NC(=O)c1ccc(-c2ccccc2)cc1. The second-order valence-electron chi connectivity index (χ2n) is 6.12. The molecule has 0 spiro atoms. The van der Waals surface area contributed by atoms with Gasteiger partial charge in [0.05, 0.1) is 7.11 Å². The van der Waals surface area contributed by atoms with Crippen LogP contribution < -0.4 is 5.32 Å². The quantitative estimate of drug-likeness (QED) is 0.825.